The van der Waals surface area contributed by atoms with Crippen molar-refractivity contribution < 1.29 is 14.6 Å². The summed E-state index contributed by atoms with van der Waals surface area (Å²) in [6.45, 7) is 10.4. The van der Waals surface area contributed by atoms with Gasteiger partial charge in [0, 0.05) is 38.8 Å². The first-order chi connectivity index (χ1) is 13.1. The molecule has 1 aromatic rings. The van der Waals surface area contributed by atoms with E-state index in [0.717, 1.165) is 31.9 Å². The van der Waals surface area contributed by atoms with Gasteiger partial charge in [-0.2, -0.15) is 5.10 Å². The lowest BCUT2D eigenvalue weighted by Gasteiger charge is -2.30. The van der Waals surface area contributed by atoms with Crippen LogP contribution in [0.4, 0.5) is 0 Å². The first-order valence-electron chi connectivity index (χ1n) is 10.4. The van der Waals surface area contributed by atoms with E-state index >= 15 is 0 Å². The molecule has 2 aliphatic rings. The molecule has 0 bridgehead atoms. The molecule has 2 saturated heterocycles. The highest BCUT2D eigenvalue weighted by Crippen LogP contribution is 2.27. The van der Waals surface area contributed by atoms with Crippen molar-refractivity contribution in [2.75, 3.05) is 52.5 Å². The van der Waals surface area contributed by atoms with Gasteiger partial charge in [-0.25, -0.2) is 0 Å². The number of amides is 1. The van der Waals surface area contributed by atoms with E-state index < -0.39 is 0 Å². The number of rotatable bonds is 8. The van der Waals surface area contributed by atoms with Crippen LogP contribution in [0.2, 0.25) is 0 Å². The SMILES string of the molecule is CCOCCn1nc(C)cc1C(=O)N1CC(CO)C(CN2CCCCC2)C1. The maximum Gasteiger partial charge on any atom is 0.272 e. The molecule has 2 atom stereocenters. The molecular weight excluding hydrogens is 344 g/mol. The monoisotopic (exact) mass is 378 g/mol. The summed E-state index contributed by atoms with van der Waals surface area (Å²) in [7, 11) is 0. The molecule has 2 unspecified atom stereocenters. The lowest BCUT2D eigenvalue weighted by atomic mass is 9.95. The Bertz CT molecular complexity index is 612. The molecule has 152 valence electrons. The van der Waals surface area contributed by atoms with E-state index in [-0.39, 0.29) is 18.4 Å². The van der Waals surface area contributed by atoms with Crippen LogP contribution in [-0.4, -0.2) is 83.1 Å². The molecule has 0 saturated carbocycles. The molecule has 1 aromatic heterocycles. The highest BCUT2D eigenvalue weighted by atomic mass is 16.5. The van der Waals surface area contributed by atoms with Gasteiger partial charge in [0.05, 0.1) is 18.8 Å². The second kappa shape index (κ2) is 9.66. The van der Waals surface area contributed by atoms with Crippen LogP contribution in [0.3, 0.4) is 0 Å². The molecule has 2 aliphatic heterocycles. The average Bonchev–Trinajstić information content (AvgIpc) is 3.25. The number of carbonyl (C=O) groups is 1. The van der Waals surface area contributed by atoms with Crippen LogP contribution in [0.25, 0.3) is 0 Å². The van der Waals surface area contributed by atoms with Crippen molar-refractivity contribution in [2.45, 2.75) is 39.7 Å². The van der Waals surface area contributed by atoms with E-state index in [0.29, 0.717) is 37.9 Å². The van der Waals surface area contributed by atoms with Crippen LogP contribution in [0.15, 0.2) is 6.07 Å². The van der Waals surface area contributed by atoms with E-state index in [4.69, 9.17) is 4.74 Å². The van der Waals surface area contributed by atoms with Crippen molar-refractivity contribution >= 4 is 5.91 Å². The van der Waals surface area contributed by atoms with Crippen molar-refractivity contribution in [3.8, 4) is 0 Å². The van der Waals surface area contributed by atoms with Crippen molar-refractivity contribution in [1.82, 2.24) is 19.6 Å². The first-order valence-corrected chi connectivity index (χ1v) is 10.4. The maximum absolute atomic E-state index is 13.1. The Balaban J connectivity index is 1.64. The highest BCUT2D eigenvalue weighted by Gasteiger charge is 2.37. The summed E-state index contributed by atoms with van der Waals surface area (Å²) in [5.41, 5.74) is 1.47. The van der Waals surface area contributed by atoms with Gasteiger partial charge in [0.2, 0.25) is 0 Å². The van der Waals surface area contributed by atoms with E-state index in [9.17, 15) is 9.90 Å². The van der Waals surface area contributed by atoms with Gasteiger partial charge in [-0.3, -0.25) is 9.48 Å². The number of aliphatic hydroxyl groups excluding tert-OH is 1. The fourth-order valence-corrected chi connectivity index (χ4v) is 4.34. The molecule has 0 radical (unpaired) electrons. The topological polar surface area (TPSA) is 70.8 Å². The molecule has 7 nitrogen and oxygen atoms in total. The van der Waals surface area contributed by atoms with Crippen LogP contribution in [0.1, 0.15) is 42.4 Å². The van der Waals surface area contributed by atoms with Gasteiger partial charge in [-0.1, -0.05) is 6.42 Å². The summed E-state index contributed by atoms with van der Waals surface area (Å²) < 4.78 is 7.18. The third kappa shape index (κ3) is 5.09. The Morgan fingerprint density at radius 3 is 2.70 bits per heavy atom. The molecule has 1 N–H and O–H groups in total. The smallest absolute Gasteiger partial charge is 0.272 e. The van der Waals surface area contributed by atoms with E-state index in [1.807, 2.05) is 24.8 Å². The third-order valence-electron chi connectivity index (χ3n) is 5.81. The summed E-state index contributed by atoms with van der Waals surface area (Å²) in [4.78, 5) is 17.5. The van der Waals surface area contributed by atoms with Gasteiger partial charge in [-0.15, -0.1) is 0 Å². The summed E-state index contributed by atoms with van der Waals surface area (Å²) in [5.74, 6) is 0.529. The van der Waals surface area contributed by atoms with Crippen molar-refractivity contribution in [3.63, 3.8) is 0 Å². The lowest BCUT2D eigenvalue weighted by molar-refractivity contribution is 0.0760. The maximum atomic E-state index is 13.1. The molecule has 3 heterocycles. The summed E-state index contributed by atoms with van der Waals surface area (Å²) in [6.07, 6.45) is 3.84. The summed E-state index contributed by atoms with van der Waals surface area (Å²) >= 11 is 0. The quantitative estimate of drug-likeness (QED) is 0.693. The zero-order valence-electron chi connectivity index (χ0n) is 16.8. The van der Waals surface area contributed by atoms with Crippen molar-refractivity contribution in [3.05, 3.63) is 17.5 Å². The zero-order chi connectivity index (χ0) is 19.2. The van der Waals surface area contributed by atoms with Crippen LogP contribution < -0.4 is 0 Å². The highest BCUT2D eigenvalue weighted by molar-refractivity contribution is 5.93. The molecule has 3 rings (SSSR count). The number of nitrogens with zero attached hydrogens (tertiary/aromatic N) is 4. The minimum atomic E-state index is 0.0201. The molecule has 27 heavy (non-hydrogen) atoms. The molecule has 1 amide bonds. The first kappa shape index (κ1) is 20.3. The zero-order valence-corrected chi connectivity index (χ0v) is 16.8. The Kier molecular flexibility index (Phi) is 7.26. The minimum Gasteiger partial charge on any atom is -0.396 e. The Morgan fingerprint density at radius 1 is 1.26 bits per heavy atom. The third-order valence-corrected chi connectivity index (χ3v) is 5.81. The predicted octanol–water partition coefficient (Wildman–Crippen LogP) is 1.39. The van der Waals surface area contributed by atoms with Gasteiger partial charge in [0.1, 0.15) is 5.69 Å². The Hall–Kier alpha value is -1.44. The summed E-state index contributed by atoms with van der Waals surface area (Å²) in [6, 6.07) is 1.86. The van der Waals surface area contributed by atoms with Gasteiger partial charge in [-0.05, 0) is 51.8 Å². The Labute approximate surface area is 162 Å². The number of piperidine rings is 1. The fraction of sp³-hybridized carbons (Fsp3) is 0.800. The number of hydrogen-bond donors (Lipinski definition) is 1. The van der Waals surface area contributed by atoms with Crippen molar-refractivity contribution in [2.24, 2.45) is 11.8 Å². The van der Waals surface area contributed by atoms with Crippen molar-refractivity contribution in [1.29, 1.82) is 0 Å². The average molecular weight is 379 g/mol. The number of aliphatic hydroxyl groups is 1. The molecule has 0 aromatic carbocycles. The number of aromatic nitrogens is 2. The van der Waals surface area contributed by atoms with Crippen LogP contribution in [0.5, 0.6) is 0 Å². The van der Waals surface area contributed by atoms with E-state index in [1.54, 1.807) is 4.68 Å². The number of ether oxygens (including phenoxy) is 1. The second-order valence-electron chi connectivity index (χ2n) is 7.87. The number of aryl methyl sites for hydroxylation is 1. The number of likely N-dealkylation sites (tertiary alicyclic amines) is 2. The molecule has 2 fully saturated rings. The lowest BCUT2D eigenvalue weighted by Crippen LogP contribution is -2.37. The van der Waals surface area contributed by atoms with Gasteiger partial charge < -0.3 is 19.6 Å². The largest absolute Gasteiger partial charge is 0.396 e. The second-order valence-corrected chi connectivity index (χ2v) is 7.87. The van der Waals surface area contributed by atoms with Crippen LogP contribution >= 0.6 is 0 Å². The number of carbonyl (C=O) groups excluding carboxylic acids is 1. The van der Waals surface area contributed by atoms with Gasteiger partial charge >= 0.3 is 0 Å². The van der Waals surface area contributed by atoms with Gasteiger partial charge in [0.25, 0.3) is 5.91 Å². The minimum absolute atomic E-state index is 0.0201. The predicted molar refractivity (Wildman–Crippen MR) is 104 cm³/mol. The standard InChI is InChI=1S/C20H34N4O3/c1-3-27-10-9-24-19(11-16(2)21-24)20(26)23-13-17(18(14-23)15-25)12-22-7-5-4-6-8-22/h11,17-18,25H,3-10,12-15H2,1-2H3. The molecule has 0 aliphatic carbocycles. The van der Waals surface area contributed by atoms with Crippen LogP contribution in [-0.2, 0) is 11.3 Å². The molecule has 0 spiro atoms. The fourth-order valence-electron chi connectivity index (χ4n) is 4.34. The van der Waals surface area contributed by atoms with E-state index in [2.05, 4.69) is 10.00 Å². The normalized spacial score (nSPS) is 23.9. The van der Waals surface area contributed by atoms with E-state index in [1.165, 1.54) is 19.3 Å². The molecule has 7 heteroatoms. The number of hydrogen-bond acceptors (Lipinski definition) is 5. The Morgan fingerprint density at radius 2 is 2.00 bits per heavy atom. The van der Waals surface area contributed by atoms with Gasteiger partial charge in [0.15, 0.2) is 0 Å². The molecular formula is C20H34N4O3. The van der Waals surface area contributed by atoms with Crippen LogP contribution in [0, 0.1) is 18.8 Å². The summed E-state index contributed by atoms with van der Waals surface area (Å²) in [5, 5.41) is 14.3.